The summed E-state index contributed by atoms with van der Waals surface area (Å²) in [7, 11) is 1.57. The van der Waals surface area contributed by atoms with Crippen molar-refractivity contribution in [1.82, 2.24) is 4.90 Å². The number of para-hydroxylation sites is 1. The highest BCUT2D eigenvalue weighted by Crippen LogP contribution is 2.28. The fraction of sp³-hybridized carbons (Fsp3) is 0.611. The molecule has 5 nitrogen and oxygen atoms in total. The maximum Gasteiger partial charge on any atom is 0.226 e. The molecule has 0 aliphatic carbocycles. The smallest absolute Gasteiger partial charge is 0.226 e. The number of methoxy groups -OCH3 is 1. The molecule has 1 amide bonds. The lowest BCUT2D eigenvalue weighted by molar-refractivity contribution is -0.919. The summed E-state index contributed by atoms with van der Waals surface area (Å²) in [5.41, 5.74) is 0.910. The van der Waals surface area contributed by atoms with Crippen molar-refractivity contribution in [2.45, 2.75) is 33.2 Å². The van der Waals surface area contributed by atoms with Crippen LogP contribution in [0.4, 0.5) is 0 Å². The van der Waals surface area contributed by atoms with E-state index in [1.807, 2.05) is 30.9 Å². The van der Waals surface area contributed by atoms with E-state index in [-0.39, 0.29) is 11.7 Å². The zero-order chi connectivity index (χ0) is 16.8. The molecule has 1 saturated heterocycles. The summed E-state index contributed by atoms with van der Waals surface area (Å²) in [6.07, 6.45) is 1.85. The summed E-state index contributed by atoms with van der Waals surface area (Å²) >= 11 is 0. The van der Waals surface area contributed by atoms with Gasteiger partial charge >= 0.3 is 0 Å². The standard InChI is InChI=1S/C18H28N2O3/c1-4-20(5-2)18(22)14-9-11-19(12-10-14)13-15-7-6-8-16(23-3)17(15)21/h6-8,14,21H,4-5,9-13H2,1-3H3/p+1. The number of carbonyl (C=O) groups excluding carboxylic acids is 1. The molecule has 2 N–H and O–H groups in total. The quantitative estimate of drug-likeness (QED) is 0.824. The Kier molecular flexibility index (Phi) is 6.28. The number of quaternary nitrogens is 1. The Morgan fingerprint density at radius 2 is 1.96 bits per heavy atom. The molecule has 0 saturated carbocycles. The van der Waals surface area contributed by atoms with Gasteiger partial charge in [-0.15, -0.1) is 0 Å². The molecular weight excluding hydrogens is 292 g/mol. The van der Waals surface area contributed by atoms with Gasteiger partial charge in [0.25, 0.3) is 0 Å². The Balaban J connectivity index is 1.91. The first kappa shape index (κ1) is 17.6. The molecule has 1 aromatic rings. The minimum Gasteiger partial charge on any atom is -0.504 e. The predicted octanol–water partition coefficient (Wildman–Crippen LogP) is 1.06. The molecule has 1 aromatic carbocycles. The third kappa shape index (κ3) is 4.16. The number of hydrogen-bond acceptors (Lipinski definition) is 3. The number of likely N-dealkylation sites (tertiary alicyclic amines) is 1. The van der Waals surface area contributed by atoms with Gasteiger partial charge in [0.2, 0.25) is 5.91 Å². The van der Waals surface area contributed by atoms with Crippen molar-refractivity contribution in [2.24, 2.45) is 5.92 Å². The number of rotatable bonds is 6. The van der Waals surface area contributed by atoms with Gasteiger partial charge in [0.1, 0.15) is 6.54 Å². The van der Waals surface area contributed by atoms with Crippen molar-refractivity contribution in [3.63, 3.8) is 0 Å². The van der Waals surface area contributed by atoms with Crippen molar-refractivity contribution in [3.05, 3.63) is 23.8 Å². The summed E-state index contributed by atoms with van der Waals surface area (Å²) in [5, 5.41) is 10.2. The van der Waals surface area contributed by atoms with E-state index in [2.05, 4.69) is 0 Å². The van der Waals surface area contributed by atoms with Crippen molar-refractivity contribution < 1.29 is 19.5 Å². The third-order valence-corrected chi connectivity index (χ3v) is 4.86. The van der Waals surface area contributed by atoms with Gasteiger partial charge in [0.05, 0.1) is 25.8 Å². The van der Waals surface area contributed by atoms with E-state index < -0.39 is 0 Å². The number of aromatic hydroxyl groups is 1. The van der Waals surface area contributed by atoms with Crippen molar-refractivity contribution >= 4 is 5.91 Å². The largest absolute Gasteiger partial charge is 0.504 e. The minimum absolute atomic E-state index is 0.164. The summed E-state index contributed by atoms with van der Waals surface area (Å²) in [6, 6.07) is 5.62. The van der Waals surface area contributed by atoms with E-state index in [1.165, 1.54) is 4.90 Å². The first-order valence-corrected chi connectivity index (χ1v) is 8.57. The Labute approximate surface area is 138 Å². The van der Waals surface area contributed by atoms with Crippen LogP contribution in [0, 0.1) is 5.92 Å². The Morgan fingerprint density at radius 1 is 1.30 bits per heavy atom. The maximum atomic E-state index is 12.4. The van der Waals surface area contributed by atoms with E-state index in [1.54, 1.807) is 13.2 Å². The Morgan fingerprint density at radius 3 is 2.52 bits per heavy atom. The number of phenolic OH excluding ortho intramolecular Hbond substituents is 1. The van der Waals surface area contributed by atoms with Gasteiger partial charge in [-0.2, -0.15) is 0 Å². The van der Waals surface area contributed by atoms with E-state index >= 15 is 0 Å². The summed E-state index contributed by atoms with van der Waals surface area (Å²) in [4.78, 5) is 15.8. The Bertz CT molecular complexity index is 521. The lowest BCUT2D eigenvalue weighted by Gasteiger charge is -2.31. The number of benzene rings is 1. The molecule has 0 spiro atoms. The first-order valence-electron chi connectivity index (χ1n) is 8.57. The second-order valence-corrected chi connectivity index (χ2v) is 6.18. The molecule has 1 fully saturated rings. The second kappa shape index (κ2) is 8.20. The van der Waals surface area contributed by atoms with Crippen LogP contribution in [0.25, 0.3) is 0 Å². The molecule has 0 unspecified atom stereocenters. The fourth-order valence-electron chi connectivity index (χ4n) is 3.39. The first-order chi connectivity index (χ1) is 11.1. The van der Waals surface area contributed by atoms with Crippen LogP contribution in [0.2, 0.25) is 0 Å². The van der Waals surface area contributed by atoms with Gasteiger partial charge in [-0.05, 0) is 26.0 Å². The van der Waals surface area contributed by atoms with Crippen LogP contribution in [0.3, 0.4) is 0 Å². The van der Waals surface area contributed by atoms with Gasteiger partial charge < -0.3 is 19.6 Å². The number of ether oxygens (including phenoxy) is 1. The molecule has 1 heterocycles. The number of amides is 1. The van der Waals surface area contributed by atoms with Crippen LogP contribution >= 0.6 is 0 Å². The molecule has 1 aliphatic rings. The van der Waals surface area contributed by atoms with Crippen molar-refractivity contribution in [3.8, 4) is 11.5 Å². The highest BCUT2D eigenvalue weighted by molar-refractivity contribution is 5.78. The van der Waals surface area contributed by atoms with Crippen LogP contribution in [0.15, 0.2) is 18.2 Å². The molecule has 0 bridgehead atoms. The molecule has 0 atom stereocenters. The number of carbonyl (C=O) groups is 1. The van der Waals surface area contributed by atoms with E-state index in [4.69, 9.17) is 4.74 Å². The van der Waals surface area contributed by atoms with Crippen LogP contribution in [0.5, 0.6) is 11.5 Å². The van der Waals surface area contributed by atoms with Crippen molar-refractivity contribution in [1.29, 1.82) is 0 Å². The highest BCUT2D eigenvalue weighted by Gasteiger charge is 2.30. The van der Waals surface area contributed by atoms with Gasteiger partial charge in [0, 0.05) is 31.8 Å². The normalized spacial score (nSPS) is 21.0. The number of hydrogen-bond donors (Lipinski definition) is 2. The van der Waals surface area contributed by atoms with Crippen LogP contribution < -0.4 is 9.64 Å². The Hall–Kier alpha value is -1.75. The number of nitrogens with one attached hydrogen (secondary N) is 1. The molecule has 0 aromatic heterocycles. The number of phenols is 1. The van der Waals surface area contributed by atoms with Crippen LogP contribution in [-0.4, -0.2) is 49.2 Å². The average Bonchev–Trinajstić information content (AvgIpc) is 2.58. The van der Waals surface area contributed by atoms with E-state index in [0.29, 0.717) is 11.7 Å². The molecule has 1 aliphatic heterocycles. The van der Waals surface area contributed by atoms with E-state index in [9.17, 15) is 9.90 Å². The predicted molar refractivity (Wildman–Crippen MR) is 89.7 cm³/mol. The minimum atomic E-state index is 0.164. The van der Waals surface area contributed by atoms with Gasteiger partial charge in [-0.1, -0.05) is 6.07 Å². The number of piperidine rings is 1. The summed E-state index contributed by atoms with van der Waals surface area (Å²) < 4.78 is 5.16. The van der Waals surface area contributed by atoms with Crippen LogP contribution in [0.1, 0.15) is 32.3 Å². The SMILES string of the molecule is CCN(CC)C(=O)C1CC[NH+](Cc2cccc(OC)c2O)CC1. The van der Waals surface area contributed by atoms with Gasteiger partial charge in [-0.3, -0.25) is 4.79 Å². The van der Waals surface area contributed by atoms with Crippen molar-refractivity contribution in [2.75, 3.05) is 33.3 Å². The fourth-order valence-corrected chi connectivity index (χ4v) is 3.39. The monoisotopic (exact) mass is 321 g/mol. The van der Waals surface area contributed by atoms with E-state index in [0.717, 1.165) is 51.1 Å². The molecular formula is C18H29N2O3+. The summed E-state index contributed by atoms with van der Waals surface area (Å²) in [6.45, 7) is 8.36. The zero-order valence-electron chi connectivity index (χ0n) is 14.5. The molecule has 0 radical (unpaired) electrons. The lowest BCUT2D eigenvalue weighted by Crippen LogP contribution is -3.11. The summed E-state index contributed by atoms with van der Waals surface area (Å²) in [5.74, 6) is 1.23. The zero-order valence-corrected chi connectivity index (χ0v) is 14.5. The van der Waals surface area contributed by atoms with Crippen LogP contribution in [-0.2, 0) is 11.3 Å². The topological polar surface area (TPSA) is 54.2 Å². The highest BCUT2D eigenvalue weighted by atomic mass is 16.5. The van der Waals surface area contributed by atoms with Gasteiger partial charge in [0.15, 0.2) is 11.5 Å². The molecule has 23 heavy (non-hydrogen) atoms. The molecule has 5 heteroatoms. The lowest BCUT2D eigenvalue weighted by atomic mass is 9.95. The third-order valence-electron chi connectivity index (χ3n) is 4.86. The second-order valence-electron chi connectivity index (χ2n) is 6.18. The number of nitrogens with zero attached hydrogens (tertiary/aromatic N) is 1. The maximum absolute atomic E-state index is 12.4. The molecule has 2 rings (SSSR count). The average molecular weight is 321 g/mol. The molecule has 128 valence electrons. The van der Waals surface area contributed by atoms with Gasteiger partial charge in [-0.25, -0.2) is 0 Å².